The highest BCUT2D eigenvalue weighted by molar-refractivity contribution is 6.30. The van der Waals surface area contributed by atoms with Crippen LogP contribution in [0.3, 0.4) is 0 Å². The van der Waals surface area contributed by atoms with Gasteiger partial charge in [0.2, 0.25) is 11.8 Å². The number of hydrogen-bond donors (Lipinski definition) is 1. The molecule has 0 saturated heterocycles. The predicted octanol–water partition coefficient (Wildman–Crippen LogP) is 5.92. The maximum Gasteiger partial charge on any atom is 0.248 e. The van der Waals surface area contributed by atoms with Crippen LogP contribution < -0.4 is 5.32 Å². The van der Waals surface area contributed by atoms with Crippen molar-refractivity contribution in [1.29, 1.82) is 0 Å². The predicted molar refractivity (Wildman–Crippen MR) is 132 cm³/mol. The molecule has 0 aromatic heterocycles. The molecule has 1 aromatic carbocycles. The highest BCUT2D eigenvalue weighted by atomic mass is 35.5. The smallest absolute Gasteiger partial charge is 0.248 e. The molecule has 1 N–H and O–H groups in total. The Labute approximate surface area is 203 Å². The lowest BCUT2D eigenvalue weighted by molar-refractivity contribution is -0.143. The first-order valence-electron chi connectivity index (χ1n) is 12.7. The van der Waals surface area contributed by atoms with Crippen LogP contribution in [0.4, 0.5) is 0 Å². The third-order valence-electron chi connectivity index (χ3n) is 10.1. The highest BCUT2D eigenvalue weighted by Gasteiger charge is 2.61. The largest absolute Gasteiger partial charge is 0.346 e. The average Bonchev–Trinajstić information content (AvgIpc) is 3.18. The molecule has 1 heterocycles. The fourth-order valence-corrected chi connectivity index (χ4v) is 8.38. The molecule has 178 valence electrons. The number of benzene rings is 1. The summed E-state index contributed by atoms with van der Waals surface area (Å²) >= 11 is 6.04. The summed E-state index contributed by atoms with van der Waals surface area (Å²) in [7, 11) is 1.93. The van der Waals surface area contributed by atoms with E-state index in [1.54, 1.807) is 6.08 Å². The van der Waals surface area contributed by atoms with Gasteiger partial charge in [0.15, 0.2) is 0 Å². The Morgan fingerprint density at radius 2 is 1.82 bits per heavy atom. The van der Waals surface area contributed by atoms with E-state index in [1.165, 1.54) is 32.1 Å². The lowest BCUT2D eigenvalue weighted by Gasteiger charge is -2.61. The Bertz CT molecular complexity index is 988. The molecular weight excluding hydrogens is 432 g/mol. The number of fused-ring (bicyclic) bond motifs is 5. The maximum absolute atomic E-state index is 13.8. The topological polar surface area (TPSA) is 49.4 Å². The van der Waals surface area contributed by atoms with Crippen molar-refractivity contribution in [2.45, 2.75) is 77.8 Å². The molecule has 2 amide bonds. The zero-order valence-corrected chi connectivity index (χ0v) is 21.1. The summed E-state index contributed by atoms with van der Waals surface area (Å²) in [4.78, 5) is 28.6. The zero-order valence-electron chi connectivity index (χ0n) is 20.4. The molecule has 0 radical (unpaired) electrons. The lowest BCUT2D eigenvalue weighted by Crippen LogP contribution is -2.62. The van der Waals surface area contributed by atoms with Crippen LogP contribution >= 0.6 is 11.6 Å². The van der Waals surface area contributed by atoms with Crippen LogP contribution in [0.1, 0.15) is 77.3 Å². The van der Waals surface area contributed by atoms with Crippen LogP contribution in [0, 0.1) is 28.6 Å². The van der Waals surface area contributed by atoms with Gasteiger partial charge in [-0.3, -0.25) is 9.59 Å². The molecule has 3 saturated carbocycles. The molecule has 33 heavy (non-hydrogen) atoms. The number of carbonyl (C=O) groups excluding carboxylic acids is 2. The zero-order chi connectivity index (χ0) is 23.5. The summed E-state index contributed by atoms with van der Waals surface area (Å²) in [5.74, 6) is 1.73. The summed E-state index contributed by atoms with van der Waals surface area (Å²) in [6, 6.07) is 7.53. The Morgan fingerprint density at radius 1 is 1.09 bits per heavy atom. The molecule has 4 nitrogen and oxygen atoms in total. The number of carbonyl (C=O) groups is 2. The molecule has 0 bridgehead atoms. The van der Waals surface area contributed by atoms with E-state index in [0.29, 0.717) is 27.8 Å². The maximum atomic E-state index is 13.8. The highest BCUT2D eigenvalue weighted by Crippen LogP contribution is 2.65. The van der Waals surface area contributed by atoms with E-state index in [4.69, 9.17) is 11.6 Å². The molecule has 5 rings (SSSR count). The van der Waals surface area contributed by atoms with Crippen LogP contribution in [0.2, 0.25) is 5.02 Å². The van der Waals surface area contributed by atoms with Gasteiger partial charge in [-0.1, -0.05) is 44.0 Å². The van der Waals surface area contributed by atoms with Crippen molar-refractivity contribution in [3.8, 4) is 0 Å². The minimum atomic E-state index is -0.306. The van der Waals surface area contributed by atoms with Crippen LogP contribution in [0.15, 0.2) is 35.9 Å². The molecule has 5 heteroatoms. The fourth-order valence-electron chi connectivity index (χ4n) is 8.25. The lowest BCUT2D eigenvalue weighted by atomic mass is 9.47. The minimum Gasteiger partial charge on any atom is -0.346 e. The van der Waals surface area contributed by atoms with Crippen molar-refractivity contribution in [3.63, 3.8) is 0 Å². The standard InChI is InChI=1S/C28H37ClN2O2/c1-17(18-7-9-19(29)10-8-18)30-26(33)23-16-25(32)31(4)24-12-11-20-21-6-5-14-27(21,2)15-13-22(20)28(23,24)3/h7-10,16-17,20-22,24H,5-6,11-15H2,1-4H3,(H,30,33)/t17?,20-,21-,22+,24?,27-,28-/m0/s1. The average molecular weight is 469 g/mol. The van der Waals surface area contributed by atoms with Crippen LogP contribution in [0.25, 0.3) is 0 Å². The van der Waals surface area contributed by atoms with Gasteiger partial charge in [0.25, 0.3) is 0 Å². The van der Waals surface area contributed by atoms with Crippen molar-refractivity contribution >= 4 is 23.4 Å². The van der Waals surface area contributed by atoms with Gasteiger partial charge in [0, 0.05) is 35.2 Å². The Kier molecular flexibility index (Phi) is 5.67. The summed E-state index contributed by atoms with van der Waals surface area (Å²) in [6.45, 7) is 6.78. The van der Waals surface area contributed by atoms with Gasteiger partial charge in [-0.25, -0.2) is 0 Å². The molecule has 3 fully saturated rings. The van der Waals surface area contributed by atoms with Gasteiger partial charge >= 0.3 is 0 Å². The molecule has 3 aliphatic carbocycles. The number of hydrogen-bond acceptors (Lipinski definition) is 2. The third kappa shape index (κ3) is 3.55. The fraction of sp³-hybridized carbons (Fsp3) is 0.643. The van der Waals surface area contributed by atoms with Crippen LogP contribution in [0.5, 0.6) is 0 Å². The molecule has 7 atom stereocenters. The Balaban J connectivity index is 1.47. The van der Waals surface area contributed by atoms with Gasteiger partial charge in [0.1, 0.15) is 0 Å². The first-order valence-corrected chi connectivity index (χ1v) is 13.1. The molecular formula is C28H37ClN2O2. The van der Waals surface area contributed by atoms with Gasteiger partial charge in [-0.2, -0.15) is 0 Å². The van der Waals surface area contributed by atoms with Gasteiger partial charge in [-0.05, 0) is 86.3 Å². The summed E-state index contributed by atoms with van der Waals surface area (Å²) in [5, 5.41) is 3.89. The monoisotopic (exact) mass is 468 g/mol. The minimum absolute atomic E-state index is 0.0401. The quantitative estimate of drug-likeness (QED) is 0.598. The van der Waals surface area contributed by atoms with E-state index in [2.05, 4.69) is 19.2 Å². The van der Waals surface area contributed by atoms with E-state index in [1.807, 2.05) is 43.1 Å². The Morgan fingerprint density at radius 3 is 2.55 bits per heavy atom. The van der Waals surface area contributed by atoms with Gasteiger partial charge < -0.3 is 10.2 Å². The first kappa shape index (κ1) is 23.0. The summed E-state index contributed by atoms with van der Waals surface area (Å²) in [5.41, 5.74) is 1.87. The van der Waals surface area contributed by atoms with Crippen LogP contribution in [-0.2, 0) is 9.59 Å². The Hall–Kier alpha value is -1.81. The number of rotatable bonds is 3. The first-order chi connectivity index (χ1) is 15.6. The van der Waals surface area contributed by atoms with E-state index in [0.717, 1.165) is 24.3 Å². The number of nitrogens with one attached hydrogen (secondary N) is 1. The van der Waals surface area contributed by atoms with Crippen molar-refractivity contribution < 1.29 is 9.59 Å². The van der Waals surface area contributed by atoms with Gasteiger partial charge in [-0.15, -0.1) is 0 Å². The van der Waals surface area contributed by atoms with E-state index in [9.17, 15) is 9.59 Å². The van der Waals surface area contributed by atoms with E-state index >= 15 is 0 Å². The normalized spacial score (nSPS) is 38.6. The molecule has 2 unspecified atom stereocenters. The second-order valence-electron chi connectivity index (χ2n) is 11.6. The van der Waals surface area contributed by atoms with Gasteiger partial charge in [0.05, 0.1) is 6.04 Å². The molecule has 1 aliphatic heterocycles. The van der Waals surface area contributed by atoms with E-state index in [-0.39, 0.29) is 29.3 Å². The van der Waals surface area contributed by atoms with Crippen molar-refractivity contribution in [2.24, 2.45) is 28.6 Å². The number of amides is 2. The van der Waals surface area contributed by atoms with Crippen molar-refractivity contribution in [2.75, 3.05) is 7.05 Å². The number of likely N-dealkylation sites (N-methyl/N-ethyl adjacent to an activating group) is 1. The summed E-state index contributed by atoms with van der Waals surface area (Å²) < 4.78 is 0. The third-order valence-corrected chi connectivity index (χ3v) is 10.3. The van der Waals surface area contributed by atoms with Crippen molar-refractivity contribution in [3.05, 3.63) is 46.5 Å². The second-order valence-corrected chi connectivity index (χ2v) is 12.0. The second kappa shape index (κ2) is 8.15. The molecule has 4 aliphatic rings. The van der Waals surface area contributed by atoms with Crippen LogP contribution in [-0.4, -0.2) is 29.8 Å². The van der Waals surface area contributed by atoms with E-state index < -0.39 is 0 Å². The SMILES string of the molecule is CC(NC(=O)C1=CC(=O)N(C)C2CC[C@@H]3[C@@H](CC[C@]4(C)CCC[C@@H]34)[C@@]12C)c1ccc(Cl)cc1. The number of halogens is 1. The van der Waals surface area contributed by atoms with Crippen molar-refractivity contribution in [1.82, 2.24) is 10.2 Å². The number of nitrogens with zero attached hydrogens (tertiary/aromatic N) is 1. The summed E-state index contributed by atoms with van der Waals surface area (Å²) in [6.07, 6.45) is 10.2. The molecule has 1 aromatic rings. The molecule has 0 spiro atoms.